The number of alkyl halides is 3. The molecule has 4 rings (SSSR count). The normalized spacial score (nSPS) is 16.3. The van der Waals surface area contributed by atoms with Crippen molar-refractivity contribution in [2.45, 2.75) is 13.1 Å². The van der Waals surface area contributed by atoms with Crippen molar-refractivity contribution >= 4 is 22.9 Å². The molecule has 3 aromatic rings. The fraction of sp³-hybridized carbons (Fsp3) is 0.348. The molecule has 8 heteroatoms. The van der Waals surface area contributed by atoms with Gasteiger partial charge in [-0.05, 0) is 42.8 Å². The third-order valence-corrected chi connectivity index (χ3v) is 5.61. The van der Waals surface area contributed by atoms with Crippen molar-refractivity contribution in [2.24, 2.45) is 7.05 Å². The summed E-state index contributed by atoms with van der Waals surface area (Å²) in [6.45, 7) is 5.71. The van der Waals surface area contributed by atoms with E-state index in [1.807, 2.05) is 30.0 Å². The standard InChI is InChI=1S/C23H24F3N3O2/c1-16(12-17-6-7-20-21(13-17)31-22(30)27(20)2)15-28-8-10-29(11-9-28)19-5-3-4-18(14-19)23(24,25)26/h3-7,12-14H,8-11,15H2,1-2H3. The molecule has 5 nitrogen and oxygen atoms in total. The number of piperazine rings is 1. The Labute approximate surface area is 178 Å². The quantitative estimate of drug-likeness (QED) is 0.615. The Morgan fingerprint density at radius 3 is 2.55 bits per heavy atom. The van der Waals surface area contributed by atoms with Crippen molar-refractivity contribution in [3.05, 3.63) is 69.7 Å². The fourth-order valence-electron chi connectivity index (χ4n) is 3.97. The molecule has 0 spiro atoms. The number of nitrogens with zero attached hydrogens (tertiary/aromatic N) is 3. The summed E-state index contributed by atoms with van der Waals surface area (Å²) in [5.74, 6) is -0.383. The van der Waals surface area contributed by atoms with Crippen molar-refractivity contribution in [3.63, 3.8) is 0 Å². The SMILES string of the molecule is CC(=Cc1ccc2c(c1)oc(=O)n2C)CN1CCN(c2cccc(C(F)(F)F)c2)CC1. The predicted octanol–water partition coefficient (Wildman–Crippen LogP) is 4.38. The van der Waals surface area contributed by atoms with E-state index in [0.29, 0.717) is 24.4 Å². The van der Waals surface area contributed by atoms with E-state index in [1.54, 1.807) is 13.1 Å². The van der Waals surface area contributed by atoms with E-state index >= 15 is 0 Å². The third kappa shape index (κ3) is 4.69. The Bertz CT molecular complexity index is 1170. The average Bonchev–Trinajstić information content (AvgIpc) is 3.01. The number of aromatic nitrogens is 1. The molecule has 2 heterocycles. The molecule has 0 amide bonds. The first-order valence-corrected chi connectivity index (χ1v) is 10.1. The second kappa shape index (κ2) is 8.26. The highest BCUT2D eigenvalue weighted by Gasteiger charge is 2.31. The van der Waals surface area contributed by atoms with Crippen LogP contribution in [0, 0.1) is 0 Å². The fourth-order valence-corrected chi connectivity index (χ4v) is 3.97. The van der Waals surface area contributed by atoms with Crippen LogP contribution in [0.2, 0.25) is 0 Å². The molecule has 1 fully saturated rings. The minimum Gasteiger partial charge on any atom is -0.408 e. The molecule has 164 valence electrons. The Hall–Kier alpha value is -3.00. The summed E-state index contributed by atoms with van der Waals surface area (Å²) in [6.07, 6.45) is -2.27. The molecule has 1 aromatic heterocycles. The molecule has 1 saturated heterocycles. The number of fused-ring (bicyclic) bond motifs is 1. The topological polar surface area (TPSA) is 41.6 Å². The van der Waals surface area contributed by atoms with Gasteiger partial charge in [0.15, 0.2) is 5.58 Å². The predicted molar refractivity (Wildman–Crippen MR) is 115 cm³/mol. The summed E-state index contributed by atoms with van der Waals surface area (Å²) in [6, 6.07) is 11.2. The number of oxazole rings is 1. The smallest absolute Gasteiger partial charge is 0.408 e. The van der Waals surface area contributed by atoms with Crippen LogP contribution < -0.4 is 10.7 Å². The van der Waals surface area contributed by atoms with E-state index in [0.717, 1.165) is 42.4 Å². The average molecular weight is 431 g/mol. The van der Waals surface area contributed by atoms with Gasteiger partial charge in [0.2, 0.25) is 0 Å². The van der Waals surface area contributed by atoms with Gasteiger partial charge >= 0.3 is 11.9 Å². The van der Waals surface area contributed by atoms with Crippen LogP contribution in [0.4, 0.5) is 18.9 Å². The summed E-state index contributed by atoms with van der Waals surface area (Å²) in [7, 11) is 1.67. The van der Waals surface area contributed by atoms with Gasteiger partial charge in [-0.15, -0.1) is 0 Å². The second-order valence-corrected chi connectivity index (χ2v) is 7.96. The number of hydrogen-bond acceptors (Lipinski definition) is 4. The van der Waals surface area contributed by atoms with Gasteiger partial charge in [-0.25, -0.2) is 4.79 Å². The van der Waals surface area contributed by atoms with Gasteiger partial charge in [-0.3, -0.25) is 9.47 Å². The minimum atomic E-state index is -4.33. The summed E-state index contributed by atoms with van der Waals surface area (Å²) in [5, 5.41) is 0. The van der Waals surface area contributed by atoms with Gasteiger partial charge in [0.05, 0.1) is 11.1 Å². The zero-order chi connectivity index (χ0) is 22.2. The molecular weight excluding hydrogens is 407 g/mol. The van der Waals surface area contributed by atoms with Gasteiger partial charge in [-0.2, -0.15) is 13.2 Å². The lowest BCUT2D eigenvalue weighted by Gasteiger charge is -2.36. The van der Waals surface area contributed by atoms with Crippen molar-refractivity contribution in [1.82, 2.24) is 9.47 Å². The van der Waals surface area contributed by atoms with Gasteiger partial charge in [0, 0.05) is 45.5 Å². The molecular formula is C23H24F3N3O2. The summed E-state index contributed by atoms with van der Waals surface area (Å²) >= 11 is 0. The molecule has 0 unspecified atom stereocenters. The van der Waals surface area contributed by atoms with E-state index in [-0.39, 0.29) is 5.76 Å². The van der Waals surface area contributed by atoms with E-state index < -0.39 is 11.7 Å². The third-order valence-electron chi connectivity index (χ3n) is 5.61. The molecule has 0 atom stereocenters. The maximum Gasteiger partial charge on any atom is 0.419 e. The summed E-state index contributed by atoms with van der Waals surface area (Å²) in [5.41, 5.74) is 3.43. The van der Waals surface area contributed by atoms with Crippen LogP contribution in [0.5, 0.6) is 0 Å². The van der Waals surface area contributed by atoms with Gasteiger partial charge < -0.3 is 9.32 Å². The number of hydrogen-bond donors (Lipinski definition) is 0. The van der Waals surface area contributed by atoms with Gasteiger partial charge in [-0.1, -0.05) is 23.8 Å². The lowest BCUT2D eigenvalue weighted by atomic mass is 10.1. The van der Waals surface area contributed by atoms with E-state index in [1.165, 1.54) is 16.7 Å². The molecule has 31 heavy (non-hydrogen) atoms. The molecule has 2 aromatic carbocycles. The van der Waals surface area contributed by atoms with Crippen LogP contribution in [0.25, 0.3) is 17.2 Å². The zero-order valence-electron chi connectivity index (χ0n) is 17.4. The zero-order valence-corrected chi connectivity index (χ0v) is 17.4. The Morgan fingerprint density at radius 1 is 1.10 bits per heavy atom. The minimum absolute atomic E-state index is 0.383. The molecule has 0 aliphatic carbocycles. The van der Waals surface area contributed by atoms with Crippen molar-refractivity contribution in [3.8, 4) is 0 Å². The maximum absolute atomic E-state index is 13.0. The second-order valence-electron chi connectivity index (χ2n) is 7.96. The van der Waals surface area contributed by atoms with Crippen LogP contribution in [-0.2, 0) is 13.2 Å². The summed E-state index contributed by atoms with van der Waals surface area (Å²) in [4.78, 5) is 15.9. The van der Waals surface area contributed by atoms with Crippen molar-refractivity contribution in [1.29, 1.82) is 0 Å². The van der Waals surface area contributed by atoms with Crippen LogP contribution >= 0.6 is 0 Å². The number of aryl methyl sites for hydroxylation is 1. The monoisotopic (exact) mass is 431 g/mol. The summed E-state index contributed by atoms with van der Waals surface area (Å²) < 4.78 is 45.6. The maximum atomic E-state index is 13.0. The highest BCUT2D eigenvalue weighted by atomic mass is 19.4. The molecule has 1 aliphatic rings. The molecule has 1 aliphatic heterocycles. The first kappa shape index (κ1) is 21.2. The lowest BCUT2D eigenvalue weighted by Crippen LogP contribution is -2.46. The number of anilines is 1. The highest BCUT2D eigenvalue weighted by Crippen LogP contribution is 2.32. The van der Waals surface area contributed by atoms with E-state index in [2.05, 4.69) is 11.0 Å². The number of benzene rings is 2. The molecule has 0 bridgehead atoms. The van der Waals surface area contributed by atoms with Crippen LogP contribution in [0.1, 0.15) is 18.1 Å². The Kier molecular flexibility index (Phi) is 5.66. The van der Waals surface area contributed by atoms with E-state index in [4.69, 9.17) is 4.42 Å². The van der Waals surface area contributed by atoms with Crippen molar-refractivity contribution in [2.75, 3.05) is 37.6 Å². The van der Waals surface area contributed by atoms with E-state index in [9.17, 15) is 18.0 Å². The Morgan fingerprint density at radius 2 is 1.84 bits per heavy atom. The number of halogens is 3. The van der Waals surface area contributed by atoms with Gasteiger partial charge in [0.25, 0.3) is 0 Å². The largest absolute Gasteiger partial charge is 0.419 e. The highest BCUT2D eigenvalue weighted by molar-refractivity contribution is 5.76. The van der Waals surface area contributed by atoms with Crippen LogP contribution in [-0.4, -0.2) is 42.2 Å². The van der Waals surface area contributed by atoms with Crippen molar-refractivity contribution < 1.29 is 17.6 Å². The molecule has 0 N–H and O–H groups in total. The van der Waals surface area contributed by atoms with Gasteiger partial charge in [0.1, 0.15) is 0 Å². The molecule has 0 saturated carbocycles. The number of rotatable bonds is 4. The molecule has 0 radical (unpaired) electrons. The first-order valence-electron chi connectivity index (χ1n) is 10.1. The van der Waals surface area contributed by atoms with Crippen LogP contribution in [0.15, 0.2) is 57.2 Å². The van der Waals surface area contributed by atoms with Crippen LogP contribution in [0.3, 0.4) is 0 Å². The Balaban J connectivity index is 1.38. The lowest BCUT2D eigenvalue weighted by molar-refractivity contribution is -0.137. The first-order chi connectivity index (χ1) is 14.7.